The van der Waals surface area contributed by atoms with Crippen molar-refractivity contribution in [2.75, 3.05) is 13.7 Å². The molecule has 0 saturated carbocycles. The molecule has 42 heavy (non-hydrogen) atoms. The Morgan fingerprint density at radius 3 is 2.24 bits per heavy atom. The zero-order valence-corrected chi connectivity index (χ0v) is 25.5. The minimum absolute atomic E-state index is 0.0534. The van der Waals surface area contributed by atoms with Crippen LogP contribution in [-0.4, -0.2) is 64.7 Å². The minimum atomic E-state index is -1.18. The molecule has 0 heterocycles. The third-order valence-electron chi connectivity index (χ3n) is 6.72. The third-order valence-corrected chi connectivity index (χ3v) is 6.72. The lowest BCUT2D eigenvalue weighted by Crippen LogP contribution is -2.60. The van der Waals surface area contributed by atoms with Crippen LogP contribution in [0, 0.1) is 0 Å². The second-order valence-electron chi connectivity index (χ2n) is 11.5. The van der Waals surface area contributed by atoms with Crippen molar-refractivity contribution in [3.63, 3.8) is 0 Å². The van der Waals surface area contributed by atoms with Crippen LogP contribution in [0.2, 0.25) is 0 Å². The standard InChI is InChI=1S/C32H43N3O7/c1-9-21-12-11-13-23(18-21)27(28(38)33-20-26(37)41-8)35(32(6,7)10-2)29(39)25(34-30(40)42-31(3,4)5)19-22-14-16-24(36)17-15-22/h9,11-18,25,27,36H,1,10,19-20H2,2-8H3,(H,33,38)(H,34,40). The average Bonchev–Trinajstić information content (AvgIpc) is 2.93. The van der Waals surface area contributed by atoms with Gasteiger partial charge in [0, 0.05) is 12.0 Å². The number of ether oxygens (including phenoxy) is 2. The van der Waals surface area contributed by atoms with E-state index in [-0.39, 0.29) is 12.2 Å². The number of rotatable bonds is 12. The Balaban J connectivity index is 2.69. The Labute approximate surface area is 248 Å². The maximum absolute atomic E-state index is 14.6. The summed E-state index contributed by atoms with van der Waals surface area (Å²) in [4.78, 5) is 54.7. The Morgan fingerprint density at radius 2 is 1.69 bits per heavy atom. The predicted octanol–water partition coefficient (Wildman–Crippen LogP) is 4.52. The summed E-state index contributed by atoms with van der Waals surface area (Å²) in [5.41, 5.74) is 0.173. The van der Waals surface area contributed by atoms with Gasteiger partial charge in [-0.3, -0.25) is 14.4 Å². The number of methoxy groups -OCH3 is 1. The molecule has 0 aliphatic carbocycles. The molecule has 0 saturated heterocycles. The van der Waals surface area contributed by atoms with Crippen molar-refractivity contribution in [2.24, 2.45) is 0 Å². The van der Waals surface area contributed by atoms with Gasteiger partial charge in [-0.25, -0.2) is 4.79 Å². The van der Waals surface area contributed by atoms with Crippen molar-refractivity contribution in [1.29, 1.82) is 0 Å². The van der Waals surface area contributed by atoms with Crippen molar-refractivity contribution in [2.45, 2.75) is 77.6 Å². The Morgan fingerprint density at radius 1 is 1.05 bits per heavy atom. The maximum Gasteiger partial charge on any atom is 0.408 e. The van der Waals surface area contributed by atoms with E-state index in [0.717, 1.165) is 5.56 Å². The molecule has 3 amide bonds. The van der Waals surface area contributed by atoms with Gasteiger partial charge in [-0.05, 0) is 75.9 Å². The highest BCUT2D eigenvalue weighted by Crippen LogP contribution is 2.33. The lowest BCUT2D eigenvalue weighted by molar-refractivity contribution is -0.150. The van der Waals surface area contributed by atoms with Gasteiger partial charge in [0.2, 0.25) is 11.8 Å². The van der Waals surface area contributed by atoms with Crippen LogP contribution in [0.15, 0.2) is 55.1 Å². The van der Waals surface area contributed by atoms with Crippen molar-refractivity contribution < 1.29 is 33.8 Å². The van der Waals surface area contributed by atoms with E-state index in [2.05, 4.69) is 21.9 Å². The van der Waals surface area contributed by atoms with E-state index in [1.165, 1.54) is 24.1 Å². The molecule has 0 aliphatic rings. The van der Waals surface area contributed by atoms with Crippen LogP contribution in [0.3, 0.4) is 0 Å². The fourth-order valence-electron chi connectivity index (χ4n) is 4.23. The second kappa shape index (κ2) is 14.5. The molecular weight excluding hydrogens is 538 g/mol. The summed E-state index contributed by atoms with van der Waals surface area (Å²) in [6.45, 7) is 14.1. The number of nitrogens with one attached hydrogen (secondary N) is 2. The molecule has 0 aliphatic heterocycles. The molecule has 10 nitrogen and oxygen atoms in total. The molecule has 0 fully saturated rings. The SMILES string of the molecule is C=Cc1cccc(C(C(=O)NCC(=O)OC)N(C(=O)C(Cc2ccc(O)cc2)NC(=O)OC(C)(C)C)C(C)(C)CC)c1. The molecule has 10 heteroatoms. The molecule has 0 bridgehead atoms. The van der Waals surface area contributed by atoms with E-state index < -0.39 is 53.6 Å². The monoisotopic (exact) mass is 581 g/mol. The van der Waals surface area contributed by atoms with Gasteiger partial charge in [-0.1, -0.05) is 49.9 Å². The van der Waals surface area contributed by atoms with Gasteiger partial charge in [0.05, 0.1) is 7.11 Å². The molecule has 2 unspecified atom stereocenters. The smallest absolute Gasteiger partial charge is 0.408 e. The Hall–Kier alpha value is -4.34. The lowest BCUT2D eigenvalue weighted by Gasteiger charge is -2.44. The predicted molar refractivity (Wildman–Crippen MR) is 160 cm³/mol. The number of esters is 1. The highest BCUT2D eigenvalue weighted by atomic mass is 16.6. The first-order valence-corrected chi connectivity index (χ1v) is 13.8. The first-order chi connectivity index (χ1) is 19.6. The molecule has 3 N–H and O–H groups in total. The van der Waals surface area contributed by atoms with Crippen LogP contribution in [0.5, 0.6) is 5.75 Å². The molecule has 0 aromatic heterocycles. The number of hydrogen-bond acceptors (Lipinski definition) is 7. The van der Waals surface area contributed by atoms with Crippen LogP contribution in [0.1, 0.15) is 70.7 Å². The zero-order chi connectivity index (χ0) is 31.7. The fourth-order valence-corrected chi connectivity index (χ4v) is 4.23. The molecule has 2 atom stereocenters. The molecule has 2 aromatic rings. The molecule has 0 radical (unpaired) electrons. The van der Waals surface area contributed by atoms with Crippen LogP contribution >= 0.6 is 0 Å². The molecule has 2 aromatic carbocycles. The fraction of sp³-hybridized carbons (Fsp3) is 0.438. The summed E-state index contributed by atoms with van der Waals surface area (Å²) in [5.74, 6) is -1.73. The number of alkyl carbamates (subject to hydrolysis) is 1. The molecular formula is C32H43N3O7. The normalized spacial score (nSPS) is 12.8. The van der Waals surface area contributed by atoms with Crippen LogP contribution in [0.25, 0.3) is 6.08 Å². The van der Waals surface area contributed by atoms with Gasteiger partial charge in [-0.2, -0.15) is 0 Å². The van der Waals surface area contributed by atoms with Gasteiger partial charge in [0.25, 0.3) is 0 Å². The third kappa shape index (κ3) is 9.64. The molecule has 228 valence electrons. The minimum Gasteiger partial charge on any atom is -0.508 e. The highest BCUT2D eigenvalue weighted by Gasteiger charge is 2.43. The largest absolute Gasteiger partial charge is 0.508 e. The number of hydrogen-bond donors (Lipinski definition) is 3. The van der Waals surface area contributed by atoms with E-state index >= 15 is 0 Å². The van der Waals surface area contributed by atoms with Crippen LogP contribution in [0.4, 0.5) is 4.79 Å². The quantitative estimate of drug-likeness (QED) is 0.314. The zero-order valence-electron chi connectivity index (χ0n) is 25.5. The van der Waals surface area contributed by atoms with E-state index in [9.17, 15) is 24.3 Å². The Bertz CT molecular complexity index is 1270. The first kappa shape index (κ1) is 33.9. The average molecular weight is 582 g/mol. The van der Waals surface area contributed by atoms with E-state index in [0.29, 0.717) is 17.5 Å². The van der Waals surface area contributed by atoms with Crippen molar-refractivity contribution in [3.8, 4) is 5.75 Å². The van der Waals surface area contributed by atoms with E-state index in [1.807, 2.05) is 26.8 Å². The summed E-state index contributed by atoms with van der Waals surface area (Å²) in [7, 11) is 1.21. The number of carbonyl (C=O) groups excluding carboxylic acids is 4. The topological polar surface area (TPSA) is 134 Å². The highest BCUT2D eigenvalue weighted by molar-refractivity contribution is 5.94. The van der Waals surface area contributed by atoms with Gasteiger partial charge in [0.15, 0.2) is 0 Å². The number of amides is 3. The number of nitrogens with zero attached hydrogens (tertiary/aromatic N) is 1. The summed E-state index contributed by atoms with van der Waals surface area (Å²) in [6.07, 6.45) is 1.34. The van der Waals surface area contributed by atoms with Crippen LogP contribution in [-0.2, 0) is 30.3 Å². The summed E-state index contributed by atoms with van der Waals surface area (Å²) in [5, 5.41) is 15.1. The second-order valence-corrected chi connectivity index (χ2v) is 11.5. The number of phenolic OH excluding ortho intramolecular Hbond substituents is 1. The Kier molecular flexibility index (Phi) is 11.7. The van der Waals surface area contributed by atoms with Crippen molar-refractivity contribution >= 4 is 30.0 Å². The molecule has 0 spiro atoms. The van der Waals surface area contributed by atoms with Crippen molar-refractivity contribution in [3.05, 3.63) is 71.8 Å². The summed E-state index contributed by atoms with van der Waals surface area (Å²) >= 11 is 0. The number of aromatic hydroxyl groups is 1. The summed E-state index contributed by atoms with van der Waals surface area (Å²) < 4.78 is 10.2. The maximum atomic E-state index is 14.6. The van der Waals surface area contributed by atoms with Crippen molar-refractivity contribution in [1.82, 2.24) is 15.5 Å². The van der Waals surface area contributed by atoms with Gasteiger partial charge in [-0.15, -0.1) is 0 Å². The van der Waals surface area contributed by atoms with Gasteiger partial charge in [0.1, 0.15) is 30.0 Å². The van der Waals surface area contributed by atoms with E-state index in [4.69, 9.17) is 4.74 Å². The number of carbonyl (C=O) groups is 4. The van der Waals surface area contributed by atoms with Gasteiger partial charge < -0.3 is 30.1 Å². The molecule has 2 rings (SSSR count). The summed E-state index contributed by atoms with van der Waals surface area (Å²) in [6, 6.07) is 11.0. The van der Waals surface area contributed by atoms with Gasteiger partial charge >= 0.3 is 12.1 Å². The number of phenols is 1. The van der Waals surface area contributed by atoms with Crippen LogP contribution < -0.4 is 10.6 Å². The lowest BCUT2D eigenvalue weighted by atomic mass is 9.90. The number of benzene rings is 2. The van der Waals surface area contributed by atoms with E-state index in [1.54, 1.807) is 57.2 Å². The first-order valence-electron chi connectivity index (χ1n) is 13.8.